The van der Waals surface area contributed by atoms with E-state index in [1.807, 2.05) is 0 Å². The number of halogens is 4. The Morgan fingerprint density at radius 2 is 1.78 bits per heavy atom. The SMILES string of the molecule is COc1ccc(-c2cc3cnc(NCC(F)(F)F)nc3n(-c3ccc(Br)cc3)c2=O)cc1. The van der Waals surface area contributed by atoms with Crippen LogP contribution in [-0.2, 0) is 0 Å². The van der Waals surface area contributed by atoms with Gasteiger partial charge >= 0.3 is 6.18 Å². The third-order valence-corrected chi connectivity index (χ3v) is 5.20. The van der Waals surface area contributed by atoms with Gasteiger partial charge in [0.1, 0.15) is 12.3 Å². The van der Waals surface area contributed by atoms with Gasteiger partial charge in [-0.05, 0) is 48.0 Å². The number of hydrogen-bond acceptors (Lipinski definition) is 5. The van der Waals surface area contributed by atoms with Crippen LogP contribution in [0.2, 0.25) is 0 Å². The number of pyridine rings is 1. The highest BCUT2D eigenvalue weighted by atomic mass is 79.9. The van der Waals surface area contributed by atoms with Gasteiger partial charge in [0.05, 0.1) is 12.8 Å². The summed E-state index contributed by atoms with van der Waals surface area (Å²) in [5.41, 5.74) is 1.38. The van der Waals surface area contributed by atoms with E-state index in [-0.39, 0.29) is 17.2 Å². The van der Waals surface area contributed by atoms with Crippen LogP contribution < -0.4 is 15.6 Å². The molecule has 4 aromatic rings. The molecule has 1 N–H and O–H groups in total. The number of hydrogen-bond donors (Lipinski definition) is 1. The lowest BCUT2D eigenvalue weighted by Crippen LogP contribution is -2.24. The van der Waals surface area contributed by atoms with E-state index >= 15 is 0 Å². The van der Waals surface area contributed by atoms with Gasteiger partial charge < -0.3 is 10.1 Å². The monoisotopic (exact) mass is 504 g/mol. The van der Waals surface area contributed by atoms with Crippen LogP contribution in [0, 0.1) is 0 Å². The third-order valence-electron chi connectivity index (χ3n) is 4.67. The predicted molar refractivity (Wildman–Crippen MR) is 119 cm³/mol. The zero-order chi connectivity index (χ0) is 22.9. The predicted octanol–water partition coefficient (Wildman–Crippen LogP) is 5.19. The number of fused-ring (bicyclic) bond motifs is 1. The molecule has 164 valence electrons. The molecule has 10 heteroatoms. The Kier molecular flexibility index (Phi) is 5.88. The summed E-state index contributed by atoms with van der Waals surface area (Å²) in [4.78, 5) is 21.7. The second kappa shape index (κ2) is 8.62. The molecule has 0 saturated heterocycles. The molecule has 32 heavy (non-hydrogen) atoms. The fourth-order valence-corrected chi connectivity index (χ4v) is 3.43. The summed E-state index contributed by atoms with van der Waals surface area (Å²) in [7, 11) is 1.55. The normalized spacial score (nSPS) is 11.5. The van der Waals surface area contributed by atoms with Crippen molar-refractivity contribution in [3.63, 3.8) is 0 Å². The number of benzene rings is 2. The average Bonchev–Trinajstić information content (AvgIpc) is 2.78. The Balaban J connectivity index is 1.93. The van der Waals surface area contributed by atoms with E-state index in [0.717, 1.165) is 4.47 Å². The van der Waals surface area contributed by atoms with Gasteiger partial charge in [0.15, 0.2) is 5.65 Å². The molecule has 2 aromatic carbocycles. The van der Waals surface area contributed by atoms with E-state index in [4.69, 9.17) is 4.74 Å². The second-order valence-corrected chi connectivity index (χ2v) is 7.76. The molecule has 6 nitrogen and oxygen atoms in total. The minimum Gasteiger partial charge on any atom is -0.497 e. The summed E-state index contributed by atoms with van der Waals surface area (Å²) in [5.74, 6) is 0.420. The van der Waals surface area contributed by atoms with Crippen LogP contribution in [0.25, 0.3) is 27.8 Å². The molecule has 0 aliphatic carbocycles. The average molecular weight is 505 g/mol. The highest BCUT2D eigenvalue weighted by Gasteiger charge is 2.27. The van der Waals surface area contributed by atoms with Gasteiger partial charge in [-0.2, -0.15) is 18.2 Å². The molecule has 0 unspecified atom stereocenters. The molecule has 0 fully saturated rings. The van der Waals surface area contributed by atoms with E-state index in [2.05, 4.69) is 31.2 Å². The number of ether oxygens (including phenoxy) is 1. The highest BCUT2D eigenvalue weighted by molar-refractivity contribution is 9.10. The van der Waals surface area contributed by atoms with Gasteiger partial charge in [0.25, 0.3) is 5.56 Å². The summed E-state index contributed by atoms with van der Waals surface area (Å²) < 4.78 is 45.2. The molecule has 0 aliphatic heterocycles. The lowest BCUT2D eigenvalue weighted by molar-refractivity contribution is -0.115. The van der Waals surface area contributed by atoms with Crippen LogP contribution in [0.1, 0.15) is 0 Å². The maximum atomic E-state index is 13.5. The first-order valence-corrected chi connectivity index (χ1v) is 10.2. The minimum atomic E-state index is -4.43. The van der Waals surface area contributed by atoms with E-state index in [0.29, 0.717) is 28.0 Å². The van der Waals surface area contributed by atoms with Crippen molar-refractivity contribution < 1.29 is 17.9 Å². The lowest BCUT2D eigenvalue weighted by atomic mass is 10.1. The van der Waals surface area contributed by atoms with Crippen molar-refractivity contribution >= 4 is 32.9 Å². The summed E-state index contributed by atoms with van der Waals surface area (Å²) >= 11 is 3.36. The molecule has 2 aromatic heterocycles. The van der Waals surface area contributed by atoms with Gasteiger partial charge in [-0.1, -0.05) is 28.1 Å². The summed E-state index contributed by atoms with van der Waals surface area (Å²) in [6.45, 7) is -1.29. The summed E-state index contributed by atoms with van der Waals surface area (Å²) in [5, 5.41) is 2.66. The first-order chi connectivity index (χ1) is 15.2. The molecule has 2 heterocycles. The molecule has 0 radical (unpaired) electrons. The molecule has 0 bridgehead atoms. The maximum Gasteiger partial charge on any atom is 0.405 e. The van der Waals surface area contributed by atoms with Gasteiger partial charge in [0.2, 0.25) is 5.95 Å². The first kappa shape index (κ1) is 21.8. The quantitative estimate of drug-likeness (QED) is 0.404. The van der Waals surface area contributed by atoms with Gasteiger partial charge in [-0.15, -0.1) is 0 Å². The standard InChI is InChI=1S/C22H16BrF3N4O2/c1-32-17-8-2-13(3-9-17)18-10-14-11-27-21(28-12-22(24,25)26)29-19(14)30(20(18)31)16-6-4-15(23)5-7-16/h2-11H,12H2,1H3,(H,27,28,29). The van der Waals surface area contributed by atoms with Gasteiger partial charge in [0, 0.05) is 21.6 Å². The van der Waals surface area contributed by atoms with E-state index in [9.17, 15) is 18.0 Å². The summed E-state index contributed by atoms with van der Waals surface area (Å²) in [6.07, 6.45) is -3.04. The van der Waals surface area contributed by atoms with E-state index in [1.54, 1.807) is 61.7 Å². The molecule has 0 amide bonds. The van der Waals surface area contributed by atoms with E-state index < -0.39 is 12.7 Å². The topological polar surface area (TPSA) is 69.0 Å². The maximum absolute atomic E-state index is 13.5. The van der Waals surface area contributed by atoms with Gasteiger partial charge in [-0.25, -0.2) is 4.98 Å². The minimum absolute atomic E-state index is 0.189. The number of rotatable bonds is 5. The molecule has 0 atom stereocenters. The Labute approximate surface area is 188 Å². The fraction of sp³-hybridized carbons (Fsp3) is 0.136. The summed E-state index contributed by atoms with van der Waals surface area (Å²) in [6, 6.07) is 15.6. The van der Waals surface area contributed by atoms with Crippen LogP contribution in [0.3, 0.4) is 0 Å². The third kappa shape index (κ3) is 4.59. The van der Waals surface area contributed by atoms with E-state index in [1.165, 1.54) is 10.8 Å². The number of nitrogens with zero attached hydrogens (tertiary/aromatic N) is 3. The Hall–Kier alpha value is -3.40. The molecule has 4 rings (SSSR count). The number of anilines is 1. The van der Waals surface area contributed by atoms with Crippen molar-refractivity contribution in [2.75, 3.05) is 19.0 Å². The van der Waals surface area contributed by atoms with Crippen LogP contribution >= 0.6 is 15.9 Å². The van der Waals surface area contributed by atoms with Crippen molar-refractivity contribution in [3.05, 3.63) is 75.6 Å². The zero-order valence-corrected chi connectivity index (χ0v) is 18.2. The molecular formula is C22H16BrF3N4O2. The van der Waals surface area contributed by atoms with Crippen LogP contribution in [0.4, 0.5) is 19.1 Å². The highest BCUT2D eigenvalue weighted by Crippen LogP contribution is 2.25. The Morgan fingerprint density at radius 1 is 1.09 bits per heavy atom. The largest absolute Gasteiger partial charge is 0.497 e. The molecule has 0 spiro atoms. The van der Waals surface area contributed by atoms with Crippen molar-refractivity contribution in [3.8, 4) is 22.6 Å². The Bertz CT molecular complexity index is 1320. The van der Waals surface area contributed by atoms with Crippen LogP contribution in [0.5, 0.6) is 5.75 Å². The molecule has 0 saturated carbocycles. The number of methoxy groups -OCH3 is 1. The zero-order valence-electron chi connectivity index (χ0n) is 16.7. The first-order valence-electron chi connectivity index (χ1n) is 9.39. The smallest absolute Gasteiger partial charge is 0.405 e. The van der Waals surface area contributed by atoms with Crippen molar-refractivity contribution in [2.24, 2.45) is 0 Å². The lowest BCUT2D eigenvalue weighted by Gasteiger charge is -2.14. The van der Waals surface area contributed by atoms with Crippen molar-refractivity contribution in [1.29, 1.82) is 0 Å². The second-order valence-electron chi connectivity index (χ2n) is 6.84. The molecule has 0 aliphatic rings. The Morgan fingerprint density at radius 3 is 2.41 bits per heavy atom. The fourth-order valence-electron chi connectivity index (χ4n) is 3.17. The number of nitrogens with one attached hydrogen (secondary N) is 1. The van der Waals surface area contributed by atoms with Crippen LogP contribution in [0.15, 0.2) is 70.1 Å². The molecular weight excluding hydrogens is 489 g/mol. The van der Waals surface area contributed by atoms with Crippen molar-refractivity contribution in [1.82, 2.24) is 14.5 Å². The van der Waals surface area contributed by atoms with Gasteiger partial charge in [-0.3, -0.25) is 9.36 Å². The van der Waals surface area contributed by atoms with Crippen LogP contribution in [-0.4, -0.2) is 34.4 Å². The number of aromatic nitrogens is 3. The number of alkyl halides is 3. The van der Waals surface area contributed by atoms with Crippen molar-refractivity contribution in [2.45, 2.75) is 6.18 Å².